The van der Waals surface area contributed by atoms with Crippen molar-refractivity contribution in [1.29, 1.82) is 0 Å². The summed E-state index contributed by atoms with van der Waals surface area (Å²) in [5.41, 5.74) is 6.12. The predicted octanol–water partition coefficient (Wildman–Crippen LogP) is 2.21. The first kappa shape index (κ1) is 15.0. The maximum Gasteiger partial charge on any atom is 0.150 e. The fourth-order valence-corrected chi connectivity index (χ4v) is 3.69. The lowest BCUT2D eigenvalue weighted by atomic mass is 9.73. The Morgan fingerprint density at radius 1 is 1.29 bits per heavy atom. The van der Waals surface area contributed by atoms with E-state index < -0.39 is 9.84 Å². The summed E-state index contributed by atoms with van der Waals surface area (Å²) in [5.74, 6) is 2.38. The zero-order valence-electron chi connectivity index (χ0n) is 11.4. The van der Waals surface area contributed by atoms with Gasteiger partial charge < -0.3 is 5.73 Å². The molecule has 1 saturated carbocycles. The minimum atomic E-state index is -2.84. The highest BCUT2D eigenvalue weighted by atomic mass is 32.2. The molecule has 2 N–H and O–H groups in total. The maximum atomic E-state index is 11.5. The van der Waals surface area contributed by atoms with Crippen LogP contribution in [0.2, 0.25) is 0 Å². The molecule has 3 atom stereocenters. The van der Waals surface area contributed by atoms with E-state index >= 15 is 0 Å². The third-order valence-corrected chi connectivity index (χ3v) is 6.00. The Hall–Kier alpha value is -0.0900. The minimum absolute atomic E-state index is 0.206. The van der Waals surface area contributed by atoms with E-state index in [0.29, 0.717) is 17.6 Å². The number of hydrogen-bond donors (Lipinski definition) is 1. The second-order valence-electron chi connectivity index (χ2n) is 5.77. The van der Waals surface area contributed by atoms with Crippen LogP contribution in [-0.2, 0) is 9.84 Å². The van der Waals surface area contributed by atoms with Crippen LogP contribution >= 0.6 is 0 Å². The molecule has 0 amide bonds. The second-order valence-corrected chi connectivity index (χ2v) is 8.24. The fraction of sp³-hybridized carbons (Fsp3) is 1.00. The summed E-state index contributed by atoms with van der Waals surface area (Å²) in [6.45, 7) is 6.22. The van der Waals surface area contributed by atoms with Gasteiger partial charge >= 0.3 is 0 Å². The zero-order chi connectivity index (χ0) is 13.1. The lowest BCUT2D eigenvalue weighted by Crippen LogP contribution is -2.38. The minimum Gasteiger partial charge on any atom is -0.327 e. The molecule has 0 radical (unpaired) electrons. The van der Waals surface area contributed by atoms with Crippen molar-refractivity contribution in [2.75, 3.05) is 11.5 Å². The molecule has 17 heavy (non-hydrogen) atoms. The normalized spacial score (nSPS) is 30.8. The summed E-state index contributed by atoms with van der Waals surface area (Å²) in [4.78, 5) is 0. The van der Waals surface area contributed by atoms with Crippen LogP contribution < -0.4 is 5.73 Å². The van der Waals surface area contributed by atoms with Crippen molar-refractivity contribution >= 4 is 9.84 Å². The van der Waals surface area contributed by atoms with E-state index in [1.807, 2.05) is 0 Å². The Morgan fingerprint density at radius 2 is 1.94 bits per heavy atom. The third-order valence-electron chi connectivity index (χ3n) is 4.26. The fourth-order valence-electron chi connectivity index (χ4n) is 2.74. The van der Waals surface area contributed by atoms with Gasteiger partial charge in [0.1, 0.15) is 9.84 Å². The van der Waals surface area contributed by atoms with Gasteiger partial charge in [0.15, 0.2) is 0 Å². The van der Waals surface area contributed by atoms with E-state index in [-0.39, 0.29) is 11.8 Å². The topological polar surface area (TPSA) is 60.2 Å². The van der Waals surface area contributed by atoms with Gasteiger partial charge in [0.2, 0.25) is 0 Å². The number of sulfone groups is 1. The van der Waals surface area contributed by atoms with Crippen molar-refractivity contribution in [3.8, 4) is 0 Å². The van der Waals surface area contributed by atoms with E-state index in [0.717, 1.165) is 25.2 Å². The van der Waals surface area contributed by atoms with Gasteiger partial charge in [-0.25, -0.2) is 8.42 Å². The molecule has 0 aromatic carbocycles. The quantitative estimate of drug-likeness (QED) is 0.825. The van der Waals surface area contributed by atoms with Gasteiger partial charge in [0, 0.05) is 11.8 Å². The molecule has 0 heterocycles. The van der Waals surface area contributed by atoms with E-state index in [4.69, 9.17) is 5.73 Å². The number of rotatable bonds is 5. The Labute approximate surface area is 106 Å². The summed E-state index contributed by atoms with van der Waals surface area (Å²) < 4.78 is 23.0. The molecule has 0 aromatic rings. The Morgan fingerprint density at radius 3 is 2.47 bits per heavy atom. The zero-order valence-corrected chi connectivity index (χ0v) is 12.2. The van der Waals surface area contributed by atoms with Gasteiger partial charge in [-0.3, -0.25) is 0 Å². The molecule has 0 aromatic heterocycles. The van der Waals surface area contributed by atoms with Crippen LogP contribution in [-0.4, -0.2) is 26.0 Å². The standard InChI is InChI=1S/C13H27NO2S/c1-4-17(15,16)8-7-12-9-11(10(2)3)5-6-13(12)14/h10-13H,4-9,14H2,1-3H3. The molecule has 1 aliphatic rings. The molecule has 102 valence electrons. The van der Waals surface area contributed by atoms with Crippen LogP contribution in [0.5, 0.6) is 0 Å². The smallest absolute Gasteiger partial charge is 0.150 e. The van der Waals surface area contributed by atoms with Crippen LogP contribution in [0, 0.1) is 17.8 Å². The van der Waals surface area contributed by atoms with Gasteiger partial charge in [0.25, 0.3) is 0 Å². The molecule has 3 nitrogen and oxygen atoms in total. The Bertz CT molecular complexity index is 324. The molecule has 4 heteroatoms. The first-order chi connectivity index (χ1) is 7.85. The monoisotopic (exact) mass is 261 g/mol. The van der Waals surface area contributed by atoms with Crippen LogP contribution in [0.25, 0.3) is 0 Å². The highest BCUT2D eigenvalue weighted by Crippen LogP contribution is 2.34. The van der Waals surface area contributed by atoms with Crippen LogP contribution in [0.4, 0.5) is 0 Å². The second kappa shape index (κ2) is 6.19. The molecule has 0 aliphatic heterocycles. The average Bonchev–Trinajstić information content (AvgIpc) is 2.27. The van der Waals surface area contributed by atoms with Crippen molar-refractivity contribution in [2.45, 2.75) is 52.5 Å². The van der Waals surface area contributed by atoms with Gasteiger partial charge in [-0.15, -0.1) is 0 Å². The largest absolute Gasteiger partial charge is 0.327 e. The van der Waals surface area contributed by atoms with Gasteiger partial charge in [-0.2, -0.15) is 0 Å². The van der Waals surface area contributed by atoms with Crippen LogP contribution in [0.1, 0.15) is 46.5 Å². The van der Waals surface area contributed by atoms with Crippen molar-refractivity contribution in [1.82, 2.24) is 0 Å². The highest BCUT2D eigenvalue weighted by Gasteiger charge is 2.30. The molecule has 0 saturated heterocycles. The number of nitrogens with two attached hydrogens (primary N) is 1. The predicted molar refractivity (Wildman–Crippen MR) is 72.6 cm³/mol. The van der Waals surface area contributed by atoms with Gasteiger partial charge in [-0.05, 0) is 43.4 Å². The molecule has 0 bridgehead atoms. The van der Waals surface area contributed by atoms with Crippen molar-refractivity contribution in [2.24, 2.45) is 23.5 Å². The summed E-state index contributed by atoms with van der Waals surface area (Å²) >= 11 is 0. The van der Waals surface area contributed by atoms with E-state index in [9.17, 15) is 8.42 Å². The molecule has 1 rings (SSSR count). The molecule has 0 spiro atoms. The molecule has 1 fully saturated rings. The first-order valence-electron chi connectivity index (χ1n) is 6.81. The third kappa shape index (κ3) is 4.59. The summed E-state index contributed by atoms with van der Waals surface area (Å²) in [7, 11) is -2.84. The SMILES string of the molecule is CCS(=O)(=O)CCC1CC(C(C)C)CCC1N. The Kier molecular flexibility index (Phi) is 5.45. The van der Waals surface area contributed by atoms with Gasteiger partial charge in [-0.1, -0.05) is 20.8 Å². The van der Waals surface area contributed by atoms with Crippen LogP contribution in [0.15, 0.2) is 0 Å². The maximum absolute atomic E-state index is 11.5. The summed E-state index contributed by atoms with van der Waals surface area (Å²) in [6, 6.07) is 0.206. The first-order valence-corrected chi connectivity index (χ1v) is 8.64. The molecule has 1 aliphatic carbocycles. The van der Waals surface area contributed by atoms with Crippen molar-refractivity contribution in [3.05, 3.63) is 0 Å². The van der Waals surface area contributed by atoms with E-state index in [1.165, 1.54) is 6.42 Å². The number of hydrogen-bond acceptors (Lipinski definition) is 3. The lowest BCUT2D eigenvalue weighted by Gasteiger charge is -2.36. The summed E-state index contributed by atoms with van der Waals surface area (Å²) in [5, 5.41) is 0. The van der Waals surface area contributed by atoms with E-state index in [2.05, 4.69) is 13.8 Å². The molecular weight excluding hydrogens is 234 g/mol. The highest BCUT2D eigenvalue weighted by molar-refractivity contribution is 7.91. The van der Waals surface area contributed by atoms with E-state index in [1.54, 1.807) is 6.92 Å². The average molecular weight is 261 g/mol. The van der Waals surface area contributed by atoms with Gasteiger partial charge in [0.05, 0.1) is 5.75 Å². The van der Waals surface area contributed by atoms with Crippen molar-refractivity contribution in [3.63, 3.8) is 0 Å². The summed E-state index contributed by atoms with van der Waals surface area (Å²) in [6.07, 6.45) is 4.12. The molecular formula is C13H27NO2S. The molecule has 3 unspecified atom stereocenters. The van der Waals surface area contributed by atoms with Crippen LogP contribution in [0.3, 0.4) is 0 Å². The van der Waals surface area contributed by atoms with Crippen molar-refractivity contribution < 1.29 is 8.42 Å². The Balaban J connectivity index is 2.51. The lowest BCUT2D eigenvalue weighted by molar-refractivity contribution is 0.187.